The van der Waals surface area contributed by atoms with E-state index in [1.54, 1.807) is 0 Å². The van der Waals surface area contributed by atoms with E-state index in [0.717, 1.165) is 36.7 Å². The molecule has 1 aliphatic rings. The van der Waals surface area contributed by atoms with Crippen molar-refractivity contribution in [3.05, 3.63) is 66.4 Å². The van der Waals surface area contributed by atoms with Gasteiger partial charge in [-0.3, -0.25) is 0 Å². The first-order chi connectivity index (χ1) is 12.8. The van der Waals surface area contributed by atoms with Gasteiger partial charge in [0.25, 0.3) is 5.95 Å². The largest absolute Gasteiger partial charge is 0.429 e. The fourth-order valence-electron chi connectivity index (χ4n) is 3.22. The molecule has 3 heterocycles. The van der Waals surface area contributed by atoms with Crippen LogP contribution in [0.25, 0.3) is 0 Å². The molecule has 1 saturated heterocycles. The van der Waals surface area contributed by atoms with Crippen LogP contribution in [-0.2, 0) is 18.3 Å². The molecule has 1 N–H and O–H groups in total. The third-order valence-electron chi connectivity index (χ3n) is 4.63. The summed E-state index contributed by atoms with van der Waals surface area (Å²) in [4.78, 5) is 4.19. The number of benzene rings is 1. The predicted octanol–water partition coefficient (Wildman–Crippen LogP) is 3.82. The summed E-state index contributed by atoms with van der Waals surface area (Å²) in [5.74, 6) is 2.14. The number of para-hydroxylation sites is 1. The molecule has 26 heavy (non-hydrogen) atoms. The molecule has 0 aliphatic carbocycles. The molecule has 0 bridgehead atoms. The van der Waals surface area contributed by atoms with Crippen molar-refractivity contribution in [2.24, 2.45) is 7.05 Å². The molecule has 0 radical (unpaired) electrons. The molecule has 2 atom stereocenters. The van der Waals surface area contributed by atoms with Crippen molar-refractivity contribution in [3.8, 4) is 11.7 Å². The fourth-order valence-corrected chi connectivity index (χ4v) is 3.22. The van der Waals surface area contributed by atoms with E-state index in [1.807, 2.05) is 66.6 Å². The Labute approximate surface area is 152 Å². The van der Waals surface area contributed by atoms with Gasteiger partial charge in [-0.2, -0.15) is 0 Å². The fraction of sp³-hybridized carbons (Fsp3) is 0.350. The lowest BCUT2D eigenvalue weighted by Gasteiger charge is -2.30. The van der Waals surface area contributed by atoms with Crippen LogP contribution in [0.5, 0.6) is 11.7 Å². The highest BCUT2D eigenvalue weighted by Crippen LogP contribution is 2.28. The number of ether oxygens (including phenoxy) is 2. The van der Waals surface area contributed by atoms with Gasteiger partial charge >= 0.3 is 0 Å². The standard InChI is InChI=1S/C20H23N3O3/c1-23-14-21-13-18(23)19-11-15(9-10-24-19)22-12-17-7-8-20(26-17)25-16-5-3-2-4-6-16/h2-8,13-15,19,22H,9-12H2,1H3/t15-,19-/m1/s1. The molecule has 0 unspecified atom stereocenters. The van der Waals surface area contributed by atoms with Gasteiger partial charge in [0.05, 0.1) is 24.8 Å². The Morgan fingerprint density at radius 3 is 2.92 bits per heavy atom. The Morgan fingerprint density at radius 1 is 1.23 bits per heavy atom. The second kappa shape index (κ2) is 7.76. The summed E-state index contributed by atoms with van der Waals surface area (Å²) in [5.41, 5.74) is 1.12. The number of nitrogens with zero attached hydrogens (tertiary/aromatic N) is 2. The summed E-state index contributed by atoms with van der Waals surface area (Å²) >= 11 is 0. The SMILES string of the molecule is Cn1cncc1[C@H]1C[C@H](NCc2ccc(Oc3ccccc3)o2)CCO1. The van der Waals surface area contributed by atoms with E-state index >= 15 is 0 Å². The molecular weight excluding hydrogens is 330 g/mol. The number of hydrogen-bond acceptors (Lipinski definition) is 5. The highest BCUT2D eigenvalue weighted by Gasteiger charge is 2.25. The van der Waals surface area contributed by atoms with Gasteiger partial charge in [-0.25, -0.2) is 4.98 Å². The Kier molecular flexibility index (Phi) is 5.04. The van der Waals surface area contributed by atoms with Gasteiger partial charge in [-0.05, 0) is 31.0 Å². The lowest BCUT2D eigenvalue weighted by Crippen LogP contribution is -2.36. The number of imidazole rings is 1. The maximum Gasteiger partial charge on any atom is 0.290 e. The summed E-state index contributed by atoms with van der Waals surface area (Å²) in [6.07, 6.45) is 5.69. The van der Waals surface area contributed by atoms with Gasteiger partial charge in [0.2, 0.25) is 0 Å². The van der Waals surface area contributed by atoms with E-state index in [1.165, 1.54) is 0 Å². The molecule has 6 nitrogen and oxygen atoms in total. The van der Waals surface area contributed by atoms with Crippen molar-refractivity contribution in [3.63, 3.8) is 0 Å². The highest BCUT2D eigenvalue weighted by molar-refractivity contribution is 5.26. The third-order valence-corrected chi connectivity index (χ3v) is 4.63. The molecule has 2 aromatic heterocycles. The van der Waals surface area contributed by atoms with Crippen LogP contribution in [0.1, 0.15) is 30.4 Å². The highest BCUT2D eigenvalue weighted by atomic mass is 16.6. The minimum Gasteiger partial charge on any atom is -0.429 e. The minimum absolute atomic E-state index is 0.0855. The second-order valence-corrected chi connectivity index (χ2v) is 6.53. The second-order valence-electron chi connectivity index (χ2n) is 6.53. The molecule has 0 amide bonds. The van der Waals surface area contributed by atoms with Crippen LogP contribution >= 0.6 is 0 Å². The van der Waals surface area contributed by atoms with Crippen molar-refractivity contribution >= 4 is 0 Å². The number of hydrogen-bond donors (Lipinski definition) is 1. The molecule has 1 aliphatic heterocycles. The number of aromatic nitrogens is 2. The van der Waals surface area contributed by atoms with Crippen molar-refractivity contribution in [1.82, 2.24) is 14.9 Å². The summed E-state index contributed by atoms with van der Waals surface area (Å²) < 4.78 is 19.4. The maximum atomic E-state index is 5.91. The first-order valence-electron chi connectivity index (χ1n) is 8.91. The quantitative estimate of drug-likeness (QED) is 0.730. The topological polar surface area (TPSA) is 61.5 Å². The first-order valence-corrected chi connectivity index (χ1v) is 8.91. The van der Waals surface area contributed by atoms with Crippen LogP contribution < -0.4 is 10.1 Å². The summed E-state index contributed by atoms with van der Waals surface area (Å²) in [6, 6.07) is 13.8. The number of nitrogens with one attached hydrogen (secondary N) is 1. The minimum atomic E-state index is 0.0855. The number of rotatable bonds is 6. The molecule has 4 rings (SSSR count). The van der Waals surface area contributed by atoms with Crippen LogP contribution in [0.15, 0.2) is 59.4 Å². The lowest BCUT2D eigenvalue weighted by atomic mass is 10.0. The Bertz CT molecular complexity index is 828. The van der Waals surface area contributed by atoms with E-state index in [4.69, 9.17) is 13.9 Å². The summed E-state index contributed by atoms with van der Waals surface area (Å²) in [6.45, 7) is 1.41. The van der Waals surface area contributed by atoms with E-state index in [-0.39, 0.29) is 6.10 Å². The van der Waals surface area contributed by atoms with Crippen LogP contribution in [0.3, 0.4) is 0 Å². The summed E-state index contributed by atoms with van der Waals surface area (Å²) in [5, 5.41) is 3.57. The van der Waals surface area contributed by atoms with Crippen LogP contribution in [-0.4, -0.2) is 22.2 Å². The predicted molar refractivity (Wildman–Crippen MR) is 97.0 cm³/mol. The first kappa shape index (κ1) is 16.9. The van der Waals surface area contributed by atoms with Crippen molar-refractivity contribution in [2.75, 3.05) is 6.61 Å². The zero-order valence-electron chi connectivity index (χ0n) is 14.8. The molecule has 1 fully saturated rings. The zero-order valence-corrected chi connectivity index (χ0v) is 14.8. The Hall–Kier alpha value is -2.57. The van der Waals surface area contributed by atoms with Gasteiger partial charge in [0.1, 0.15) is 17.6 Å². The smallest absolute Gasteiger partial charge is 0.290 e. The van der Waals surface area contributed by atoms with Crippen LogP contribution in [0, 0.1) is 0 Å². The van der Waals surface area contributed by atoms with Crippen molar-refractivity contribution < 1.29 is 13.9 Å². The number of furan rings is 1. The molecule has 136 valence electrons. The summed E-state index contributed by atoms with van der Waals surface area (Å²) in [7, 11) is 2.00. The average Bonchev–Trinajstić information content (AvgIpc) is 3.30. The van der Waals surface area contributed by atoms with Gasteiger partial charge < -0.3 is 23.8 Å². The van der Waals surface area contributed by atoms with E-state index in [9.17, 15) is 0 Å². The Morgan fingerprint density at radius 2 is 2.12 bits per heavy atom. The average molecular weight is 353 g/mol. The van der Waals surface area contributed by atoms with E-state index < -0.39 is 0 Å². The van der Waals surface area contributed by atoms with Crippen LogP contribution in [0.4, 0.5) is 0 Å². The molecular formula is C20H23N3O3. The zero-order chi connectivity index (χ0) is 17.8. The van der Waals surface area contributed by atoms with Gasteiger partial charge in [0, 0.05) is 25.8 Å². The van der Waals surface area contributed by atoms with E-state index in [2.05, 4.69) is 10.3 Å². The van der Waals surface area contributed by atoms with Crippen LogP contribution in [0.2, 0.25) is 0 Å². The van der Waals surface area contributed by atoms with Crippen molar-refractivity contribution in [2.45, 2.75) is 31.5 Å². The monoisotopic (exact) mass is 353 g/mol. The molecule has 0 spiro atoms. The Balaban J connectivity index is 1.31. The third kappa shape index (κ3) is 3.98. The van der Waals surface area contributed by atoms with Gasteiger partial charge in [-0.15, -0.1) is 0 Å². The maximum absolute atomic E-state index is 5.91. The van der Waals surface area contributed by atoms with Gasteiger partial charge in [-0.1, -0.05) is 18.2 Å². The van der Waals surface area contributed by atoms with Gasteiger partial charge in [0.15, 0.2) is 0 Å². The van der Waals surface area contributed by atoms with Crippen molar-refractivity contribution in [1.29, 1.82) is 0 Å². The molecule has 1 aromatic carbocycles. The number of aryl methyl sites for hydroxylation is 1. The van der Waals surface area contributed by atoms with E-state index in [0.29, 0.717) is 18.5 Å². The normalized spacial score (nSPS) is 20.2. The lowest BCUT2D eigenvalue weighted by molar-refractivity contribution is -0.00432. The molecule has 3 aromatic rings. The molecule has 0 saturated carbocycles. The molecule has 6 heteroatoms.